The summed E-state index contributed by atoms with van der Waals surface area (Å²) in [6.45, 7) is 7.22. The molecule has 1 saturated carbocycles. The van der Waals surface area contributed by atoms with Crippen LogP contribution in [0.5, 0.6) is 0 Å². The molecule has 1 radical (unpaired) electrons. The first-order valence-corrected chi connectivity index (χ1v) is 18.5. The van der Waals surface area contributed by atoms with Crippen molar-refractivity contribution in [1.29, 1.82) is 0 Å². The summed E-state index contributed by atoms with van der Waals surface area (Å²) in [5, 5.41) is 4.28. The first-order valence-electron chi connectivity index (χ1n) is 14.2. The molecule has 0 N–H and O–H groups in total. The van der Waals surface area contributed by atoms with E-state index in [2.05, 4.69) is 96.3 Å². The summed E-state index contributed by atoms with van der Waals surface area (Å²) in [7, 11) is -1.45. The van der Waals surface area contributed by atoms with Crippen LogP contribution in [0.3, 0.4) is 0 Å². The van der Waals surface area contributed by atoms with Gasteiger partial charge in [-0.25, -0.2) is 0 Å². The first kappa shape index (κ1) is 29.5. The number of fused-ring (bicyclic) bond motifs is 3. The molecule has 0 aliphatic heterocycles. The number of benzene rings is 3. The van der Waals surface area contributed by atoms with E-state index in [1.807, 2.05) is 54.1 Å². The summed E-state index contributed by atoms with van der Waals surface area (Å²) in [4.78, 5) is 9.00. The van der Waals surface area contributed by atoms with E-state index in [0.717, 1.165) is 28.4 Å². The summed E-state index contributed by atoms with van der Waals surface area (Å²) in [5.41, 5.74) is 5.72. The van der Waals surface area contributed by atoms with Crippen molar-refractivity contribution in [3.63, 3.8) is 0 Å². The summed E-state index contributed by atoms with van der Waals surface area (Å²) in [5.74, 6) is 0.750. The van der Waals surface area contributed by atoms with Gasteiger partial charge in [-0.15, -0.1) is 58.8 Å². The van der Waals surface area contributed by atoms with Gasteiger partial charge in [-0.1, -0.05) is 79.8 Å². The van der Waals surface area contributed by atoms with Crippen molar-refractivity contribution in [3.8, 4) is 22.5 Å². The molecule has 3 aromatic carbocycles. The van der Waals surface area contributed by atoms with Crippen molar-refractivity contribution in [2.45, 2.75) is 51.2 Å². The molecule has 7 rings (SSSR count). The molecule has 0 saturated heterocycles. The normalized spacial score (nSPS) is 13.5. The van der Waals surface area contributed by atoms with Gasteiger partial charge in [0.1, 0.15) is 0 Å². The van der Waals surface area contributed by atoms with Gasteiger partial charge >= 0.3 is 0 Å². The Hall–Kier alpha value is -2.95. The molecule has 0 bridgehead atoms. The van der Waals surface area contributed by atoms with Crippen molar-refractivity contribution >= 4 is 44.8 Å². The van der Waals surface area contributed by atoms with Crippen molar-refractivity contribution < 1.29 is 20.1 Å². The van der Waals surface area contributed by atoms with Crippen molar-refractivity contribution in [2.75, 3.05) is 0 Å². The molecule has 41 heavy (non-hydrogen) atoms. The maximum absolute atomic E-state index is 4.55. The Labute approximate surface area is 262 Å². The Morgan fingerprint density at radius 1 is 0.805 bits per heavy atom. The molecule has 0 spiro atoms. The third-order valence-electron chi connectivity index (χ3n) is 7.78. The second-order valence-electron chi connectivity index (χ2n) is 11.6. The second kappa shape index (κ2) is 12.9. The Kier molecular flexibility index (Phi) is 9.30. The third-order valence-corrected chi connectivity index (χ3v) is 11.0. The number of thiophene rings is 1. The minimum absolute atomic E-state index is 0. The molecule has 5 heteroatoms. The van der Waals surface area contributed by atoms with Crippen LogP contribution in [0.1, 0.15) is 37.2 Å². The van der Waals surface area contributed by atoms with Gasteiger partial charge in [-0.3, -0.25) is 0 Å². The number of rotatable bonds is 4. The zero-order valence-electron chi connectivity index (χ0n) is 23.8. The molecule has 1 aliphatic carbocycles. The fourth-order valence-corrected chi connectivity index (χ4v) is 8.56. The number of aromatic nitrogens is 2. The molecular formula is C36H34IrN2SSi-2. The summed E-state index contributed by atoms with van der Waals surface area (Å²) in [6.07, 6.45) is 9.21. The topological polar surface area (TPSA) is 25.8 Å². The number of hydrogen-bond acceptors (Lipinski definition) is 3. The second-order valence-corrected chi connectivity index (χ2v) is 17.7. The van der Waals surface area contributed by atoms with E-state index in [1.54, 1.807) is 0 Å². The van der Waals surface area contributed by atoms with E-state index in [0.29, 0.717) is 0 Å². The largest absolute Gasteiger partial charge is 0.305 e. The zero-order chi connectivity index (χ0) is 27.5. The van der Waals surface area contributed by atoms with Crippen LogP contribution < -0.4 is 5.19 Å². The third kappa shape index (κ3) is 6.44. The molecule has 6 aromatic rings. The predicted octanol–water partition coefficient (Wildman–Crippen LogP) is 9.67. The van der Waals surface area contributed by atoms with Gasteiger partial charge in [0.25, 0.3) is 0 Å². The molecule has 1 aliphatic rings. The van der Waals surface area contributed by atoms with Crippen LogP contribution >= 0.6 is 11.3 Å². The Morgan fingerprint density at radius 3 is 2.29 bits per heavy atom. The van der Waals surface area contributed by atoms with Gasteiger partial charge in [0.2, 0.25) is 0 Å². The van der Waals surface area contributed by atoms with E-state index < -0.39 is 8.07 Å². The molecule has 209 valence electrons. The van der Waals surface area contributed by atoms with E-state index in [4.69, 9.17) is 0 Å². The van der Waals surface area contributed by atoms with Crippen LogP contribution in [0.25, 0.3) is 42.7 Å². The average Bonchev–Trinajstić information content (AvgIpc) is 3.67. The summed E-state index contributed by atoms with van der Waals surface area (Å²) >= 11 is 1.86. The van der Waals surface area contributed by atoms with Crippen molar-refractivity contribution in [1.82, 2.24) is 9.97 Å². The van der Waals surface area contributed by atoms with Gasteiger partial charge in [-0.05, 0) is 58.4 Å². The molecule has 2 nitrogen and oxygen atoms in total. The molecule has 0 amide bonds. The maximum Gasteiger partial charge on any atom is 0.0300 e. The minimum atomic E-state index is -1.45. The van der Waals surface area contributed by atoms with Crippen molar-refractivity contribution in [3.05, 3.63) is 115 Å². The minimum Gasteiger partial charge on any atom is -0.305 e. The zero-order valence-corrected chi connectivity index (χ0v) is 28.0. The fourth-order valence-electron chi connectivity index (χ4n) is 5.72. The maximum atomic E-state index is 4.55. The number of hydrogen-bond donors (Lipinski definition) is 0. The van der Waals surface area contributed by atoms with Gasteiger partial charge in [0.15, 0.2) is 0 Å². The monoisotopic (exact) mass is 747 g/mol. The van der Waals surface area contributed by atoms with Gasteiger partial charge in [-0.2, -0.15) is 11.3 Å². The molecule has 0 unspecified atom stereocenters. The smallest absolute Gasteiger partial charge is 0.0300 e. The van der Waals surface area contributed by atoms with Gasteiger partial charge < -0.3 is 9.97 Å². The summed E-state index contributed by atoms with van der Waals surface area (Å²) in [6, 6.07) is 36.3. The van der Waals surface area contributed by atoms with E-state index in [1.165, 1.54) is 56.6 Å². The molecule has 3 heterocycles. The SMILES string of the molecule is C[Si](C)(C)c1c[c-]c(-c2ccccn2)c2sc3ccccc3c12.[Ir].[c-]1ccccc1-c1cc(C2CCCC2)ccn1. The Bertz CT molecular complexity index is 1740. The Morgan fingerprint density at radius 2 is 1.56 bits per heavy atom. The number of pyridine rings is 2. The molecular weight excluding hydrogens is 713 g/mol. The van der Waals surface area contributed by atoms with Crippen molar-refractivity contribution in [2.24, 2.45) is 0 Å². The molecule has 0 atom stereocenters. The van der Waals surface area contributed by atoms with Crippen LogP contribution in [0.2, 0.25) is 19.6 Å². The number of nitrogens with zero attached hydrogens (tertiary/aromatic N) is 2. The van der Waals surface area contributed by atoms with Crippen LogP contribution in [0.15, 0.2) is 97.3 Å². The van der Waals surface area contributed by atoms with Gasteiger partial charge in [0.05, 0.1) is 0 Å². The van der Waals surface area contributed by atoms with Crippen LogP contribution in [0.4, 0.5) is 0 Å². The van der Waals surface area contributed by atoms with Gasteiger partial charge in [0, 0.05) is 45.3 Å². The van der Waals surface area contributed by atoms with E-state index in [-0.39, 0.29) is 20.1 Å². The first-order chi connectivity index (χ1) is 19.5. The average molecular weight is 747 g/mol. The molecule has 3 aromatic heterocycles. The van der Waals surface area contributed by atoms with Crippen LogP contribution in [-0.2, 0) is 20.1 Å². The standard InChI is InChI=1S/C20H18NSSi.C16H16N.Ir/c1-23(2,3)18-12-11-14(16-9-6-7-13-21-16)20-19(18)15-8-4-5-10-17(15)22-20;1-2-8-14(9-3-1)16-12-15(10-11-17-16)13-6-4-5-7-13;/h4-10,12-13H,1-3H3;1-3,8,10-13H,4-7H2;/q2*-1;. The fraction of sp³-hybridized carbons (Fsp3) is 0.222. The predicted molar refractivity (Wildman–Crippen MR) is 174 cm³/mol. The van der Waals surface area contributed by atoms with E-state index in [9.17, 15) is 0 Å². The van der Waals surface area contributed by atoms with E-state index >= 15 is 0 Å². The quantitative estimate of drug-likeness (QED) is 0.133. The van der Waals surface area contributed by atoms with Crippen LogP contribution in [-0.4, -0.2) is 18.0 Å². The molecule has 1 fully saturated rings. The Balaban J connectivity index is 0.000000168. The summed E-state index contributed by atoms with van der Waals surface area (Å²) < 4.78 is 2.67. The van der Waals surface area contributed by atoms with Crippen LogP contribution in [0, 0.1) is 12.1 Å².